The van der Waals surface area contributed by atoms with Crippen LogP contribution in [0.4, 0.5) is 8.78 Å². The van der Waals surface area contributed by atoms with Crippen molar-refractivity contribution in [1.29, 1.82) is 0 Å². The Morgan fingerprint density at radius 1 is 0.887 bits per heavy atom. The van der Waals surface area contributed by atoms with Gasteiger partial charge in [-0.05, 0) is 24.3 Å². The first-order valence-corrected chi connectivity index (χ1v) is 19.3. The number of Topliss-reactive ketones (excluding diaryl/α,β-unsaturated/α-hetero) is 1. The Morgan fingerprint density at radius 3 is 2.13 bits per heavy atom. The van der Waals surface area contributed by atoms with Crippen LogP contribution >= 0.6 is 0 Å². The molecule has 2 saturated heterocycles. The average molecular weight is 773 g/mol. The van der Waals surface area contributed by atoms with Crippen LogP contribution in [0, 0.1) is 5.92 Å². The van der Waals surface area contributed by atoms with Crippen LogP contribution in [0.5, 0.6) is 0 Å². The van der Waals surface area contributed by atoms with E-state index in [1.807, 2.05) is 4.90 Å². The smallest absolute Gasteiger partial charge is 0.383 e. The minimum Gasteiger partial charge on any atom is -0.467 e. The fourth-order valence-electron chi connectivity index (χ4n) is 6.51. The highest BCUT2D eigenvalue weighted by Gasteiger charge is 2.51. The van der Waals surface area contributed by atoms with Crippen LogP contribution in [0.15, 0.2) is 30.3 Å². The van der Waals surface area contributed by atoms with E-state index in [-0.39, 0.29) is 58.2 Å². The second kappa shape index (κ2) is 20.2. The second-order valence-electron chi connectivity index (χ2n) is 13.3. The zero-order chi connectivity index (χ0) is 38.4. The molecule has 1 aliphatic carbocycles. The Hall–Kier alpha value is -3.62. The summed E-state index contributed by atoms with van der Waals surface area (Å²) in [6.07, 6.45) is 3.24. The average Bonchev–Trinajstić information content (AvgIpc) is 3.17. The third kappa shape index (κ3) is 12.5. The lowest BCUT2D eigenvalue weighted by atomic mass is 9.83. The van der Waals surface area contributed by atoms with Crippen molar-refractivity contribution in [1.82, 2.24) is 29.9 Å². The number of rotatable bonds is 18. The van der Waals surface area contributed by atoms with Crippen molar-refractivity contribution in [2.75, 3.05) is 72.8 Å². The van der Waals surface area contributed by atoms with Crippen LogP contribution in [0.3, 0.4) is 0 Å². The van der Waals surface area contributed by atoms with E-state index in [1.54, 1.807) is 30.3 Å². The summed E-state index contributed by atoms with van der Waals surface area (Å²) in [5.41, 5.74) is 0.542. The third-order valence-electron chi connectivity index (χ3n) is 9.52. The van der Waals surface area contributed by atoms with Gasteiger partial charge in [0.2, 0.25) is 17.7 Å². The summed E-state index contributed by atoms with van der Waals surface area (Å²) in [4.78, 5) is 68.4. The minimum atomic E-state index is -4.54. The molecule has 3 aliphatic rings. The Bertz CT molecular complexity index is 1500. The van der Waals surface area contributed by atoms with Crippen molar-refractivity contribution in [3.8, 4) is 0 Å². The number of methoxy groups -OCH3 is 1. The zero-order valence-electron chi connectivity index (χ0n) is 29.9. The number of halogens is 2. The van der Waals surface area contributed by atoms with Crippen LogP contribution in [0.1, 0.15) is 44.1 Å². The molecule has 0 radical (unpaired) electrons. The van der Waals surface area contributed by atoms with Crippen molar-refractivity contribution in [3.05, 3.63) is 35.9 Å². The van der Waals surface area contributed by atoms with E-state index < -0.39 is 63.7 Å². The number of nitrogens with zero attached hydrogens (tertiary/aromatic N) is 2. The number of morpholine rings is 2. The maximum atomic E-state index is 15.5. The van der Waals surface area contributed by atoms with Crippen LogP contribution in [-0.2, 0) is 54.8 Å². The highest BCUT2D eigenvalue weighted by Crippen LogP contribution is 2.29. The van der Waals surface area contributed by atoms with Crippen molar-refractivity contribution >= 4 is 39.7 Å². The van der Waals surface area contributed by atoms with E-state index in [0.29, 0.717) is 44.7 Å². The van der Waals surface area contributed by atoms with Crippen LogP contribution in [0.2, 0.25) is 0 Å². The molecule has 0 spiro atoms. The Morgan fingerprint density at radius 2 is 1.51 bits per heavy atom. The number of amides is 3. The highest BCUT2D eigenvalue weighted by atomic mass is 32.2. The molecule has 3 amide bonds. The molecule has 2 heterocycles. The van der Waals surface area contributed by atoms with Gasteiger partial charge in [-0.15, -0.1) is 0 Å². The number of benzene rings is 1. The first kappa shape index (κ1) is 42.1. The van der Waals surface area contributed by atoms with Crippen LogP contribution in [-0.4, -0.2) is 144 Å². The molecule has 4 N–H and O–H groups in total. The number of nitrogens with one attached hydrogen (secondary N) is 4. The number of carbonyl (C=O) groups is 5. The van der Waals surface area contributed by atoms with E-state index in [1.165, 1.54) is 0 Å². The van der Waals surface area contributed by atoms with E-state index >= 15 is 8.78 Å². The lowest BCUT2D eigenvalue weighted by Gasteiger charge is -2.30. The number of hydrogen-bond donors (Lipinski definition) is 4. The van der Waals surface area contributed by atoms with E-state index in [0.717, 1.165) is 30.7 Å². The van der Waals surface area contributed by atoms with E-state index in [2.05, 4.69) is 20.7 Å². The van der Waals surface area contributed by atoms with Gasteiger partial charge in [-0.1, -0.05) is 62.4 Å². The van der Waals surface area contributed by atoms with E-state index in [9.17, 15) is 32.4 Å². The molecule has 3 fully saturated rings. The predicted octanol–water partition coefficient (Wildman–Crippen LogP) is -0.470. The Kier molecular flexibility index (Phi) is 16.0. The summed E-state index contributed by atoms with van der Waals surface area (Å²) < 4.78 is 76.2. The van der Waals surface area contributed by atoms with Gasteiger partial charge in [0.25, 0.3) is 22.0 Å². The van der Waals surface area contributed by atoms with Gasteiger partial charge in [0.15, 0.2) is 0 Å². The van der Waals surface area contributed by atoms with Crippen LogP contribution < -0.4 is 20.7 Å². The second-order valence-corrected chi connectivity index (χ2v) is 15.0. The number of hydrogen-bond acceptors (Lipinski definition) is 11. The van der Waals surface area contributed by atoms with Crippen molar-refractivity contribution in [3.63, 3.8) is 0 Å². The molecule has 3 atom stereocenters. The molecule has 0 unspecified atom stereocenters. The molecule has 19 heteroatoms. The summed E-state index contributed by atoms with van der Waals surface area (Å²) in [5, 5.41) is 6.50. The Labute approximate surface area is 308 Å². The van der Waals surface area contributed by atoms with E-state index in [4.69, 9.17) is 14.2 Å². The molecule has 1 aromatic carbocycles. The monoisotopic (exact) mass is 772 g/mol. The predicted molar refractivity (Wildman–Crippen MR) is 186 cm³/mol. The first-order valence-electron chi connectivity index (χ1n) is 17.9. The quantitative estimate of drug-likeness (QED) is 0.111. The van der Waals surface area contributed by atoms with Crippen LogP contribution in [0.25, 0.3) is 0 Å². The molecule has 16 nitrogen and oxygen atoms in total. The van der Waals surface area contributed by atoms with Crippen molar-refractivity contribution < 1.29 is 55.4 Å². The molecule has 53 heavy (non-hydrogen) atoms. The third-order valence-corrected chi connectivity index (χ3v) is 11.2. The lowest BCUT2D eigenvalue weighted by molar-refractivity contribution is -0.161. The van der Waals surface area contributed by atoms with Gasteiger partial charge in [-0.3, -0.25) is 24.1 Å². The number of esters is 1. The summed E-state index contributed by atoms with van der Waals surface area (Å²) in [5.74, 6) is -12.2. The van der Waals surface area contributed by atoms with Gasteiger partial charge in [-0.2, -0.15) is 26.2 Å². The molecule has 0 bridgehead atoms. The molecule has 1 aromatic rings. The number of ether oxygens (including phenoxy) is 3. The largest absolute Gasteiger partial charge is 0.467 e. The summed E-state index contributed by atoms with van der Waals surface area (Å²) in [7, 11) is -3.33. The fraction of sp³-hybridized carbons (Fsp3) is 0.676. The van der Waals surface area contributed by atoms with Gasteiger partial charge < -0.3 is 30.2 Å². The van der Waals surface area contributed by atoms with Gasteiger partial charge in [0.05, 0.1) is 39.6 Å². The first-order chi connectivity index (χ1) is 25.3. The van der Waals surface area contributed by atoms with Gasteiger partial charge in [-0.25, -0.2) is 4.79 Å². The molecule has 296 valence electrons. The summed E-state index contributed by atoms with van der Waals surface area (Å²) in [6, 6.07) is 2.74. The van der Waals surface area contributed by atoms with Gasteiger partial charge in [0.1, 0.15) is 6.04 Å². The zero-order valence-corrected chi connectivity index (χ0v) is 30.7. The standard InChI is InChI=1S/C34H50F2N6O10S/c1-50-32(46)28(39-30(44)27(23-25-10-6-3-7-11-25)40-53(48,49)42-16-20-52-21-17-42)31(45)38-26(22-24-8-4-2-5-9-24)29(43)34(35,36)33(47)37-12-13-41-14-18-51-19-15-41/h3,6-7,10-11,24,26-28,40H,2,4-5,8-9,12-23H2,1H3,(H,37,47)(H,38,45)(H,39,44)/t26-,27-,28+/m0/s1. The van der Waals surface area contributed by atoms with Gasteiger partial charge >= 0.3 is 11.9 Å². The molecular weight excluding hydrogens is 722 g/mol. The normalized spacial score (nSPS) is 19.7. The molecule has 0 aromatic heterocycles. The molecule has 2 aliphatic heterocycles. The number of ketones is 1. The fourth-order valence-corrected chi connectivity index (χ4v) is 7.84. The van der Waals surface area contributed by atoms with Gasteiger partial charge in [0, 0.05) is 39.3 Å². The Balaban J connectivity index is 1.51. The topological polar surface area (TPSA) is 202 Å². The lowest BCUT2D eigenvalue weighted by Crippen LogP contribution is -2.62. The maximum absolute atomic E-state index is 15.5. The number of carbonyl (C=O) groups excluding carboxylic acids is 5. The number of alkyl halides is 2. The summed E-state index contributed by atoms with van der Waals surface area (Å²) >= 11 is 0. The highest BCUT2D eigenvalue weighted by molar-refractivity contribution is 7.87. The molecule has 4 rings (SSSR count). The minimum absolute atomic E-state index is 0.0230. The summed E-state index contributed by atoms with van der Waals surface area (Å²) in [6.45, 7) is 2.48. The van der Waals surface area contributed by atoms with Crippen molar-refractivity contribution in [2.24, 2.45) is 5.92 Å². The molecule has 1 saturated carbocycles. The molecular formula is C34H50F2N6O10S. The van der Waals surface area contributed by atoms with Crippen molar-refractivity contribution in [2.45, 2.75) is 69.0 Å². The maximum Gasteiger partial charge on any atom is 0.383 e. The SMILES string of the molecule is COC(=O)[C@H](NC(=O)[C@H](Cc1ccccc1)NS(=O)(=O)N1CCOCC1)C(=O)N[C@@H](CC1CCCCC1)C(=O)C(F)(F)C(=O)NCCN1CCOCC1.